The highest BCUT2D eigenvalue weighted by molar-refractivity contribution is 7.19. The van der Waals surface area contributed by atoms with E-state index in [1.54, 1.807) is 23.5 Å². The molecule has 2 rings (SSSR count). The van der Waals surface area contributed by atoms with Crippen LogP contribution >= 0.6 is 11.3 Å². The molecule has 0 spiro atoms. The minimum Gasteiger partial charge on any atom is -0.373 e. The van der Waals surface area contributed by atoms with Gasteiger partial charge in [-0.3, -0.25) is 0 Å². The minimum atomic E-state index is -0.178. The topological polar surface area (TPSA) is 21.3 Å². The third-order valence-corrected chi connectivity index (χ3v) is 4.31. The Morgan fingerprint density at radius 1 is 1.38 bits per heavy atom. The van der Waals surface area contributed by atoms with Gasteiger partial charge in [0.25, 0.3) is 0 Å². The number of benzene rings is 1. The third-order valence-electron chi connectivity index (χ3n) is 3.11. The fourth-order valence-corrected chi connectivity index (χ4v) is 3.26. The van der Waals surface area contributed by atoms with E-state index in [-0.39, 0.29) is 11.4 Å². The van der Waals surface area contributed by atoms with Crippen molar-refractivity contribution in [3.8, 4) is 0 Å². The van der Waals surface area contributed by atoms with Crippen molar-refractivity contribution < 1.29 is 9.13 Å². The van der Waals surface area contributed by atoms with Crippen molar-refractivity contribution in [1.82, 2.24) is 5.32 Å². The highest BCUT2D eigenvalue weighted by Gasteiger charge is 2.17. The van der Waals surface area contributed by atoms with Crippen LogP contribution in [-0.4, -0.2) is 12.1 Å². The summed E-state index contributed by atoms with van der Waals surface area (Å²) in [5, 5.41) is 4.15. The van der Waals surface area contributed by atoms with Gasteiger partial charge in [-0.05, 0) is 32.9 Å². The van der Waals surface area contributed by atoms with E-state index in [9.17, 15) is 4.39 Å². The highest BCUT2D eigenvalue weighted by Crippen LogP contribution is 2.34. The average molecular weight is 307 g/mol. The fourth-order valence-electron chi connectivity index (χ4n) is 2.10. The van der Waals surface area contributed by atoms with Crippen molar-refractivity contribution in [3.05, 3.63) is 47.1 Å². The first-order chi connectivity index (χ1) is 9.92. The molecule has 0 aliphatic heterocycles. The summed E-state index contributed by atoms with van der Waals surface area (Å²) in [5.74, 6) is -0.178. The normalized spacial score (nSPS) is 12.0. The Morgan fingerprint density at radius 2 is 2.14 bits per heavy atom. The molecule has 0 fully saturated rings. The molecule has 0 radical (unpaired) electrons. The van der Waals surface area contributed by atoms with Gasteiger partial charge in [0.05, 0.1) is 13.2 Å². The van der Waals surface area contributed by atoms with Gasteiger partial charge < -0.3 is 10.1 Å². The number of hydrogen-bond acceptors (Lipinski definition) is 3. The summed E-state index contributed by atoms with van der Waals surface area (Å²) in [7, 11) is 0. The maximum Gasteiger partial charge on any atom is 0.132 e. The van der Waals surface area contributed by atoms with Crippen molar-refractivity contribution >= 4 is 21.4 Å². The lowest BCUT2D eigenvalue weighted by Crippen LogP contribution is -2.35. The molecule has 1 aromatic heterocycles. The zero-order valence-corrected chi connectivity index (χ0v) is 13.6. The van der Waals surface area contributed by atoms with Crippen molar-refractivity contribution in [2.45, 2.75) is 39.5 Å². The molecule has 0 atom stereocenters. The summed E-state index contributed by atoms with van der Waals surface area (Å²) in [6.07, 6.45) is 1.71. The predicted molar refractivity (Wildman–Crippen MR) is 88.2 cm³/mol. The Bertz CT molecular complexity index is 627. The second-order valence-electron chi connectivity index (χ2n) is 6.02. The summed E-state index contributed by atoms with van der Waals surface area (Å²) in [6, 6.07) is 5.22. The lowest BCUT2D eigenvalue weighted by molar-refractivity contribution is 0.149. The van der Waals surface area contributed by atoms with E-state index in [1.165, 1.54) is 6.07 Å². The molecule has 0 aliphatic rings. The summed E-state index contributed by atoms with van der Waals surface area (Å²) >= 11 is 1.63. The first kappa shape index (κ1) is 16.1. The molecule has 21 heavy (non-hydrogen) atoms. The van der Waals surface area contributed by atoms with Crippen LogP contribution in [0.15, 0.2) is 30.9 Å². The van der Waals surface area contributed by atoms with E-state index in [1.807, 2.05) is 6.07 Å². The highest BCUT2D eigenvalue weighted by atomic mass is 32.1. The van der Waals surface area contributed by atoms with Crippen LogP contribution in [0.4, 0.5) is 4.39 Å². The van der Waals surface area contributed by atoms with Gasteiger partial charge in [0.15, 0.2) is 0 Å². The van der Waals surface area contributed by atoms with Crippen LogP contribution in [0.5, 0.6) is 0 Å². The SMILES string of the molecule is C=CCOCc1c(CNC(C)(C)C)sc2cccc(F)c12. The molecule has 0 aliphatic carbocycles. The molecule has 0 bridgehead atoms. The van der Waals surface area contributed by atoms with Gasteiger partial charge in [-0.1, -0.05) is 12.1 Å². The molecule has 0 saturated heterocycles. The van der Waals surface area contributed by atoms with Crippen LogP contribution in [-0.2, 0) is 17.9 Å². The summed E-state index contributed by atoms with van der Waals surface area (Å²) < 4.78 is 20.7. The standard InChI is InChI=1S/C17H22FNOS/c1-5-9-20-11-12-15(10-19-17(2,3)4)21-14-8-6-7-13(18)16(12)14/h5-8,19H,1,9-11H2,2-4H3. The minimum absolute atomic E-state index is 0.0218. The number of fused-ring (bicyclic) bond motifs is 1. The van der Waals surface area contributed by atoms with Crippen molar-refractivity contribution in [2.75, 3.05) is 6.61 Å². The van der Waals surface area contributed by atoms with Gasteiger partial charge in [-0.2, -0.15) is 0 Å². The van der Waals surface area contributed by atoms with E-state index < -0.39 is 0 Å². The Morgan fingerprint density at radius 3 is 2.81 bits per heavy atom. The Hall–Kier alpha value is -1.23. The van der Waals surface area contributed by atoms with Crippen LogP contribution in [0, 0.1) is 5.82 Å². The summed E-state index contributed by atoms with van der Waals surface area (Å²) in [6.45, 7) is 11.6. The molecule has 2 nitrogen and oxygen atoms in total. The molecule has 114 valence electrons. The summed E-state index contributed by atoms with van der Waals surface area (Å²) in [5.41, 5.74) is 0.972. The molecule has 1 heterocycles. The van der Waals surface area contributed by atoms with Crippen molar-refractivity contribution in [2.24, 2.45) is 0 Å². The number of halogens is 1. The maximum atomic E-state index is 14.2. The first-order valence-electron chi connectivity index (χ1n) is 7.05. The fraction of sp³-hybridized carbons (Fsp3) is 0.412. The largest absolute Gasteiger partial charge is 0.373 e. The molecule has 0 unspecified atom stereocenters. The van der Waals surface area contributed by atoms with E-state index >= 15 is 0 Å². The van der Waals surface area contributed by atoms with Crippen molar-refractivity contribution in [1.29, 1.82) is 0 Å². The predicted octanol–water partition coefficient (Wildman–Crippen LogP) is 4.63. The zero-order valence-electron chi connectivity index (χ0n) is 12.8. The van der Waals surface area contributed by atoms with Crippen LogP contribution < -0.4 is 5.32 Å². The van der Waals surface area contributed by atoms with Crippen LogP contribution in [0.1, 0.15) is 31.2 Å². The van der Waals surface area contributed by atoms with Gasteiger partial charge in [-0.25, -0.2) is 4.39 Å². The molecule has 2 aromatic rings. The number of thiophene rings is 1. The molecule has 0 saturated carbocycles. The Balaban J connectivity index is 2.35. The monoisotopic (exact) mass is 307 g/mol. The molecule has 4 heteroatoms. The second-order valence-corrected chi connectivity index (χ2v) is 7.16. The molecular weight excluding hydrogens is 285 g/mol. The van der Waals surface area contributed by atoms with Crippen LogP contribution in [0.2, 0.25) is 0 Å². The Labute approximate surface area is 129 Å². The second kappa shape index (κ2) is 6.69. The van der Waals surface area contributed by atoms with E-state index in [0.29, 0.717) is 18.6 Å². The smallest absolute Gasteiger partial charge is 0.132 e. The van der Waals surface area contributed by atoms with Gasteiger partial charge in [0.2, 0.25) is 0 Å². The first-order valence-corrected chi connectivity index (χ1v) is 7.86. The Kier molecular flexibility index (Phi) is 5.14. The molecule has 1 N–H and O–H groups in total. The van der Waals surface area contributed by atoms with Crippen LogP contribution in [0.3, 0.4) is 0 Å². The van der Waals surface area contributed by atoms with Gasteiger partial charge >= 0.3 is 0 Å². The van der Waals surface area contributed by atoms with Crippen LogP contribution in [0.25, 0.3) is 10.1 Å². The number of ether oxygens (including phenoxy) is 1. The number of hydrogen-bond donors (Lipinski definition) is 1. The molecule has 0 amide bonds. The maximum absolute atomic E-state index is 14.2. The van der Waals surface area contributed by atoms with E-state index in [2.05, 4.69) is 32.7 Å². The van der Waals surface area contributed by atoms with Gasteiger partial charge in [0, 0.05) is 32.6 Å². The summed E-state index contributed by atoms with van der Waals surface area (Å²) in [4.78, 5) is 1.13. The quantitative estimate of drug-likeness (QED) is 0.620. The molecular formula is C17H22FNOS. The lowest BCUT2D eigenvalue weighted by Gasteiger charge is -2.20. The van der Waals surface area contributed by atoms with E-state index in [4.69, 9.17) is 4.74 Å². The number of rotatable bonds is 6. The zero-order chi connectivity index (χ0) is 15.5. The average Bonchev–Trinajstić information content (AvgIpc) is 2.75. The number of nitrogens with one attached hydrogen (secondary N) is 1. The molecule has 1 aromatic carbocycles. The van der Waals surface area contributed by atoms with Gasteiger partial charge in [0.1, 0.15) is 5.82 Å². The van der Waals surface area contributed by atoms with E-state index in [0.717, 1.165) is 21.7 Å². The van der Waals surface area contributed by atoms with Gasteiger partial charge in [-0.15, -0.1) is 17.9 Å². The third kappa shape index (κ3) is 4.13. The lowest BCUT2D eigenvalue weighted by atomic mass is 10.1. The van der Waals surface area contributed by atoms with Crippen molar-refractivity contribution in [3.63, 3.8) is 0 Å².